The highest BCUT2D eigenvalue weighted by atomic mass is 19.1. The minimum absolute atomic E-state index is 0.203. The molecule has 1 fully saturated rings. The van der Waals surface area contributed by atoms with Crippen molar-refractivity contribution in [3.63, 3.8) is 0 Å². The van der Waals surface area contributed by atoms with Gasteiger partial charge in [0.15, 0.2) is 11.6 Å². The highest BCUT2D eigenvalue weighted by Gasteiger charge is 2.25. The molecule has 1 atom stereocenters. The summed E-state index contributed by atoms with van der Waals surface area (Å²) in [6.45, 7) is 3.05. The van der Waals surface area contributed by atoms with E-state index >= 15 is 0 Å². The van der Waals surface area contributed by atoms with Crippen LogP contribution in [-0.2, 0) is 6.42 Å². The largest absolute Gasteiger partial charge is 0.494 e. The Morgan fingerprint density at radius 3 is 2.74 bits per heavy atom. The molecule has 0 amide bonds. The van der Waals surface area contributed by atoms with Gasteiger partial charge in [-0.2, -0.15) is 0 Å². The van der Waals surface area contributed by atoms with Gasteiger partial charge in [0.05, 0.1) is 7.11 Å². The van der Waals surface area contributed by atoms with Crippen LogP contribution < -0.4 is 10.1 Å². The molecule has 0 heterocycles. The maximum absolute atomic E-state index is 14.2. The first kappa shape index (κ1) is 14.3. The fraction of sp³-hybridized carbons (Fsp3) is 0.625. The quantitative estimate of drug-likeness (QED) is 0.849. The van der Waals surface area contributed by atoms with E-state index in [2.05, 4.69) is 12.2 Å². The zero-order valence-corrected chi connectivity index (χ0v) is 11.9. The second kappa shape index (κ2) is 6.90. The fourth-order valence-electron chi connectivity index (χ4n) is 3.14. The van der Waals surface area contributed by atoms with Crippen LogP contribution in [0.3, 0.4) is 0 Å². The third-order valence-electron chi connectivity index (χ3n) is 4.14. The Morgan fingerprint density at radius 1 is 1.37 bits per heavy atom. The van der Waals surface area contributed by atoms with Gasteiger partial charge in [0.1, 0.15) is 0 Å². The lowest BCUT2D eigenvalue weighted by Gasteiger charge is -2.24. The molecule has 0 aromatic heterocycles. The Morgan fingerprint density at radius 2 is 2.11 bits per heavy atom. The Bertz CT molecular complexity index is 402. The molecule has 1 N–H and O–H groups in total. The van der Waals surface area contributed by atoms with Crippen LogP contribution in [0.2, 0.25) is 0 Å². The molecular weight excluding hydrogens is 241 g/mol. The molecule has 0 spiro atoms. The van der Waals surface area contributed by atoms with Gasteiger partial charge in [-0.25, -0.2) is 4.39 Å². The number of ether oxygens (including phenoxy) is 1. The average molecular weight is 265 g/mol. The van der Waals surface area contributed by atoms with Crippen LogP contribution in [-0.4, -0.2) is 19.7 Å². The summed E-state index contributed by atoms with van der Waals surface area (Å²) in [6, 6.07) is 5.80. The molecule has 19 heavy (non-hydrogen) atoms. The van der Waals surface area contributed by atoms with Crippen molar-refractivity contribution in [2.75, 3.05) is 13.7 Å². The van der Waals surface area contributed by atoms with Crippen LogP contribution in [0.5, 0.6) is 5.75 Å². The van der Waals surface area contributed by atoms with E-state index in [1.165, 1.54) is 32.8 Å². The van der Waals surface area contributed by atoms with Gasteiger partial charge in [-0.05, 0) is 43.4 Å². The number of methoxy groups -OCH3 is 1. The van der Waals surface area contributed by atoms with E-state index in [0.29, 0.717) is 17.7 Å². The Hall–Kier alpha value is -1.09. The zero-order chi connectivity index (χ0) is 13.7. The molecule has 1 aliphatic rings. The van der Waals surface area contributed by atoms with Crippen molar-refractivity contribution in [2.45, 2.75) is 45.1 Å². The van der Waals surface area contributed by atoms with E-state index in [-0.39, 0.29) is 5.82 Å². The molecular formula is C16H24FNO. The number of hydrogen-bond acceptors (Lipinski definition) is 2. The molecule has 1 unspecified atom stereocenters. The third-order valence-corrected chi connectivity index (χ3v) is 4.14. The number of rotatable bonds is 6. The van der Waals surface area contributed by atoms with E-state index in [1.54, 1.807) is 6.07 Å². The standard InChI is InChI=1S/C16H24FNO/c1-3-18-14(12-7-4-5-8-12)11-13-9-6-10-15(19-2)16(13)17/h6,9-10,12,14,18H,3-5,7-8,11H2,1-2H3. The van der Waals surface area contributed by atoms with Gasteiger partial charge in [0, 0.05) is 6.04 Å². The molecule has 1 aliphatic carbocycles. The molecule has 106 valence electrons. The number of benzene rings is 1. The van der Waals surface area contributed by atoms with Crippen molar-refractivity contribution < 1.29 is 9.13 Å². The zero-order valence-electron chi connectivity index (χ0n) is 11.9. The van der Waals surface area contributed by atoms with Crippen LogP contribution in [0.4, 0.5) is 4.39 Å². The maximum atomic E-state index is 14.2. The molecule has 1 aromatic rings. The summed E-state index contributed by atoms with van der Waals surface area (Å²) in [5.74, 6) is 0.829. The molecule has 1 saturated carbocycles. The molecule has 1 aromatic carbocycles. The van der Waals surface area contributed by atoms with Crippen LogP contribution in [0.15, 0.2) is 18.2 Å². The number of halogens is 1. The lowest BCUT2D eigenvalue weighted by molar-refractivity contribution is 0.352. The summed E-state index contributed by atoms with van der Waals surface area (Å²) in [5, 5.41) is 3.53. The monoisotopic (exact) mass is 265 g/mol. The molecule has 0 saturated heterocycles. The number of likely N-dealkylation sites (N-methyl/N-ethyl adjacent to an activating group) is 1. The van der Waals surface area contributed by atoms with Gasteiger partial charge in [-0.15, -0.1) is 0 Å². The topological polar surface area (TPSA) is 21.3 Å². The van der Waals surface area contributed by atoms with Crippen molar-refractivity contribution in [1.29, 1.82) is 0 Å². The molecule has 2 nitrogen and oxygen atoms in total. The second-order valence-electron chi connectivity index (χ2n) is 5.35. The van der Waals surface area contributed by atoms with Gasteiger partial charge in [-0.3, -0.25) is 0 Å². The van der Waals surface area contributed by atoms with Crippen molar-refractivity contribution in [1.82, 2.24) is 5.32 Å². The molecule has 2 rings (SSSR count). The minimum Gasteiger partial charge on any atom is -0.494 e. The smallest absolute Gasteiger partial charge is 0.168 e. The van der Waals surface area contributed by atoms with E-state index in [1.807, 2.05) is 12.1 Å². The maximum Gasteiger partial charge on any atom is 0.168 e. The summed E-state index contributed by atoms with van der Waals surface area (Å²) in [4.78, 5) is 0. The Kier molecular flexibility index (Phi) is 5.20. The van der Waals surface area contributed by atoms with Crippen molar-refractivity contribution in [3.8, 4) is 5.75 Å². The van der Waals surface area contributed by atoms with E-state index < -0.39 is 0 Å². The first-order valence-corrected chi connectivity index (χ1v) is 7.31. The summed E-state index contributed by atoms with van der Waals surface area (Å²) >= 11 is 0. The Labute approximate surface area is 115 Å². The predicted octanol–water partition coefficient (Wildman–Crippen LogP) is 3.55. The summed E-state index contributed by atoms with van der Waals surface area (Å²) in [7, 11) is 1.51. The Balaban J connectivity index is 2.11. The van der Waals surface area contributed by atoms with Gasteiger partial charge in [0.25, 0.3) is 0 Å². The van der Waals surface area contributed by atoms with Crippen LogP contribution in [0.1, 0.15) is 38.2 Å². The van der Waals surface area contributed by atoms with E-state index in [9.17, 15) is 4.39 Å². The predicted molar refractivity (Wildman–Crippen MR) is 76.1 cm³/mol. The van der Waals surface area contributed by atoms with Gasteiger partial charge < -0.3 is 10.1 Å². The van der Waals surface area contributed by atoms with E-state index in [0.717, 1.165) is 18.5 Å². The molecule has 0 aliphatic heterocycles. The third kappa shape index (κ3) is 3.47. The lowest BCUT2D eigenvalue weighted by Crippen LogP contribution is -2.37. The van der Waals surface area contributed by atoms with Crippen LogP contribution >= 0.6 is 0 Å². The summed E-state index contributed by atoms with van der Waals surface area (Å²) < 4.78 is 19.3. The number of hydrogen-bond donors (Lipinski definition) is 1. The van der Waals surface area contributed by atoms with E-state index in [4.69, 9.17) is 4.74 Å². The first-order chi connectivity index (χ1) is 9.26. The van der Waals surface area contributed by atoms with Gasteiger partial charge >= 0.3 is 0 Å². The highest BCUT2D eigenvalue weighted by Crippen LogP contribution is 2.30. The summed E-state index contributed by atoms with van der Waals surface area (Å²) in [6.07, 6.45) is 5.91. The molecule has 0 radical (unpaired) electrons. The first-order valence-electron chi connectivity index (χ1n) is 7.31. The lowest BCUT2D eigenvalue weighted by atomic mass is 9.92. The SMILES string of the molecule is CCNC(Cc1cccc(OC)c1F)C1CCCC1. The highest BCUT2D eigenvalue weighted by molar-refractivity contribution is 5.31. The van der Waals surface area contributed by atoms with Crippen LogP contribution in [0.25, 0.3) is 0 Å². The fourth-order valence-corrected chi connectivity index (χ4v) is 3.14. The number of nitrogens with one attached hydrogen (secondary N) is 1. The van der Waals surface area contributed by atoms with Crippen molar-refractivity contribution in [2.24, 2.45) is 5.92 Å². The second-order valence-corrected chi connectivity index (χ2v) is 5.35. The average Bonchev–Trinajstić information content (AvgIpc) is 2.94. The molecule has 0 bridgehead atoms. The normalized spacial score (nSPS) is 17.6. The van der Waals surface area contributed by atoms with Crippen molar-refractivity contribution >= 4 is 0 Å². The minimum atomic E-state index is -0.203. The van der Waals surface area contributed by atoms with Gasteiger partial charge in [-0.1, -0.05) is 31.9 Å². The van der Waals surface area contributed by atoms with Crippen LogP contribution in [0, 0.1) is 11.7 Å². The summed E-state index contributed by atoms with van der Waals surface area (Å²) in [5.41, 5.74) is 0.761. The van der Waals surface area contributed by atoms with Gasteiger partial charge in [0.2, 0.25) is 0 Å². The molecule has 3 heteroatoms. The van der Waals surface area contributed by atoms with Crippen molar-refractivity contribution in [3.05, 3.63) is 29.6 Å².